The molecular formula is C14H17F3O. The molecule has 1 nitrogen and oxygen atoms in total. The molecule has 0 amide bonds. The SMILES string of the molecule is CC(=O)CC(C)(C)c1ccc(C(F)(F)F)cc1C. The Bertz CT molecular complexity index is 459. The number of hydrogen-bond donors (Lipinski definition) is 0. The van der Waals surface area contributed by atoms with Crippen LogP contribution in [-0.4, -0.2) is 5.78 Å². The van der Waals surface area contributed by atoms with Crippen molar-refractivity contribution >= 4 is 5.78 Å². The van der Waals surface area contributed by atoms with E-state index < -0.39 is 17.2 Å². The van der Waals surface area contributed by atoms with Crippen molar-refractivity contribution in [2.75, 3.05) is 0 Å². The number of ketones is 1. The minimum Gasteiger partial charge on any atom is -0.300 e. The number of alkyl halides is 3. The van der Waals surface area contributed by atoms with E-state index in [1.807, 2.05) is 13.8 Å². The molecule has 0 fully saturated rings. The van der Waals surface area contributed by atoms with Gasteiger partial charge in [-0.05, 0) is 42.5 Å². The Hall–Kier alpha value is -1.32. The van der Waals surface area contributed by atoms with Crippen molar-refractivity contribution < 1.29 is 18.0 Å². The van der Waals surface area contributed by atoms with Crippen LogP contribution in [0.15, 0.2) is 18.2 Å². The van der Waals surface area contributed by atoms with E-state index in [4.69, 9.17) is 0 Å². The first kappa shape index (κ1) is 14.7. The van der Waals surface area contributed by atoms with Gasteiger partial charge in [-0.2, -0.15) is 13.2 Å². The number of carbonyl (C=O) groups excluding carboxylic acids is 1. The Kier molecular flexibility index (Phi) is 3.89. The van der Waals surface area contributed by atoms with E-state index in [1.165, 1.54) is 13.0 Å². The number of halogens is 3. The summed E-state index contributed by atoms with van der Waals surface area (Å²) < 4.78 is 37.7. The molecule has 1 aromatic carbocycles. The molecule has 0 heterocycles. The summed E-state index contributed by atoms with van der Waals surface area (Å²) >= 11 is 0. The summed E-state index contributed by atoms with van der Waals surface area (Å²) in [7, 11) is 0. The Morgan fingerprint density at radius 2 is 1.78 bits per heavy atom. The zero-order valence-corrected chi connectivity index (χ0v) is 11.0. The van der Waals surface area contributed by atoms with Crippen LogP contribution in [0.2, 0.25) is 0 Å². The lowest BCUT2D eigenvalue weighted by Gasteiger charge is -2.26. The van der Waals surface area contributed by atoms with E-state index in [0.29, 0.717) is 12.0 Å². The van der Waals surface area contributed by atoms with Crippen LogP contribution in [-0.2, 0) is 16.4 Å². The lowest BCUT2D eigenvalue weighted by atomic mass is 9.78. The van der Waals surface area contributed by atoms with Crippen LogP contribution < -0.4 is 0 Å². The molecule has 0 atom stereocenters. The summed E-state index contributed by atoms with van der Waals surface area (Å²) in [6.07, 6.45) is -4.01. The minimum absolute atomic E-state index is 0.0271. The lowest BCUT2D eigenvalue weighted by molar-refractivity contribution is -0.137. The highest BCUT2D eigenvalue weighted by Gasteiger charge is 2.32. The molecule has 18 heavy (non-hydrogen) atoms. The summed E-state index contributed by atoms with van der Waals surface area (Å²) in [5, 5.41) is 0. The second kappa shape index (κ2) is 4.75. The van der Waals surface area contributed by atoms with E-state index in [1.54, 1.807) is 6.92 Å². The van der Waals surface area contributed by atoms with Gasteiger partial charge in [-0.1, -0.05) is 19.9 Å². The van der Waals surface area contributed by atoms with Gasteiger partial charge >= 0.3 is 6.18 Å². The van der Waals surface area contributed by atoms with Gasteiger partial charge in [-0.15, -0.1) is 0 Å². The van der Waals surface area contributed by atoms with E-state index in [2.05, 4.69) is 0 Å². The van der Waals surface area contributed by atoms with Gasteiger partial charge in [0.2, 0.25) is 0 Å². The molecule has 0 saturated carbocycles. The van der Waals surface area contributed by atoms with Crippen molar-refractivity contribution in [3.63, 3.8) is 0 Å². The van der Waals surface area contributed by atoms with Crippen LogP contribution >= 0.6 is 0 Å². The fourth-order valence-corrected chi connectivity index (χ4v) is 2.32. The van der Waals surface area contributed by atoms with Gasteiger partial charge in [0.1, 0.15) is 5.78 Å². The average Bonchev–Trinajstić information content (AvgIpc) is 2.13. The third kappa shape index (κ3) is 3.34. The molecule has 0 saturated heterocycles. The molecule has 0 unspecified atom stereocenters. The molecule has 0 aromatic heterocycles. The van der Waals surface area contributed by atoms with Gasteiger partial charge in [-0.25, -0.2) is 0 Å². The quantitative estimate of drug-likeness (QED) is 0.791. The van der Waals surface area contributed by atoms with Crippen LogP contribution in [0.5, 0.6) is 0 Å². The summed E-state index contributed by atoms with van der Waals surface area (Å²) in [4.78, 5) is 11.2. The Morgan fingerprint density at radius 3 is 2.17 bits per heavy atom. The molecule has 1 aromatic rings. The molecule has 0 radical (unpaired) electrons. The Morgan fingerprint density at radius 1 is 1.22 bits per heavy atom. The highest BCUT2D eigenvalue weighted by Crippen LogP contribution is 2.35. The zero-order chi connectivity index (χ0) is 14.1. The first-order valence-electron chi connectivity index (χ1n) is 5.72. The predicted molar refractivity (Wildman–Crippen MR) is 64.5 cm³/mol. The van der Waals surface area contributed by atoms with Crippen LogP contribution in [0.4, 0.5) is 13.2 Å². The summed E-state index contributed by atoms with van der Waals surface area (Å²) in [6.45, 7) is 6.86. The van der Waals surface area contributed by atoms with Gasteiger partial charge in [0.25, 0.3) is 0 Å². The van der Waals surface area contributed by atoms with Gasteiger partial charge in [-0.3, -0.25) is 4.79 Å². The maximum Gasteiger partial charge on any atom is 0.416 e. The molecule has 0 N–H and O–H groups in total. The summed E-state index contributed by atoms with van der Waals surface area (Å²) in [5.74, 6) is 0.0271. The maximum absolute atomic E-state index is 12.6. The number of benzene rings is 1. The van der Waals surface area contributed by atoms with Crippen LogP contribution in [0.3, 0.4) is 0 Å². The fourth-order valence-electron chi connectivity index (χ4n) is 2.32. The maximum atomic E-state index is 12.6. The lowest BCUT2D eigenvalue weighted by Crippen LogP contribution is -2.22. The van der Waals surface area contributed by atoms with Crippen LogP contribution in [0.1, 0.15) is 43.9 Å². The second-order valence-electron chi connectivity index (χ2n) is 5.29. The Balaban J connectivity index is 3.17. The second-order valence-corrected chi connectivity index (χ2v) is 5.29. The number of carbonyl (C=O) groups is 1. The number of Topliss-reactive ketones (excluding diaryl/α,β-unsaturated/α-hetero) is 1. The smallest absolute Gasteiger partial charge is 0.300 e. The van der Waals surface area contributed by atoms with Crippen molar-refractivity contribution in [1.82, 2.24) is 0 Å². The predicted octanol–water partition coefficient (Wildman–Crippen LogP) is 4.27. The Labute approximate surface area is 105 Å². The molecule has 100 valence electrons. The first-order chi connectivity index (χ1) is 8.04. The summed E-state index contributed by atoms with van der Waals surface area (Å²) in [6, 6.07) is 3.68. The molecule has 1 rings (SSSR count). The molecule has 0 bridgehead atoms. The number of aryl methyl sites for hydroxylation is 1. The molecule has 0 aliphatic carbocycles. The van der Waals surface area contributed by atoms with Gasteiger partial charge in [0.05, 0.1) is 5.56 Å². The monoisotopic (exact) mass is 258 g/mol. The molecule has 0 aliphatic rings. The third-order valence-electron chi connectivity index (χ3n) is 2.97. The summed E-state index contributed by atoms with van der Waals surface area (Å²) in [5.41, 5.74) is 0.254. The molecular weight excluding hydrogens is 241 g/mol. The average molecular weight is 258 g/mol. The zero-order valence-electron chi connectivity index (χ0n) is 11.0. The standard InChI is InChI=1S/C14H17F3O/c1-9-7-11(14(15,16)17)5-6-12(9)13(3,4)8-10(2)18/h5-7H,8H2,1-4H3. The van der Waals surface area contributed by atoms with Gasteiger partial charge < -0.3 is 0 Å². The van der Waals surface area contributed by atoms with E-state index >= 15 is 0 Å². The van der Waals surface area contributed by atoms with Gasteiger partial charge in [0.15, 0.2) is 0 Å². The highest BCUT2D eigenvalue weighted by molar-refractivity contribution is 5.77. The van der Waals surface area contributed by atoms with Crippen molar-refractivity contribution in [2.45, 2.75) is 45.7 Å². The van der Waals surface area contributed by atoms with Crippen LogP contribution in [0, 0.1) is 6.92 Å². The van der Waals surface area contributed by atoms with Crippen molar-refractivity contribution in [1.29, 1.82) is 0 Å². The van der Waals surface area contributed by atoms with E-state index in [9.17, 15) is 18.0 Å². The number of rotatable bonds is 3. The van der Waals surface area contributed by atoms with Crippen LogP contribution in [0.25, 0.3) is 0 Å². The molecule has 0 aliphatic heterocycles. The van der Waals surface area contributed by atoms with Crippen molar-refractivity contribution in [3.8, 4) is 0 Å². The minimum atomic E-state index is -4.33. The normalized spacial score (nSPS) is 12.6. The number of hydrogen-bond acceptors (Lipinski definition) is 1. The molecule has 4 heteroatoms. The van der Waals surface area contributed by atoms with E-state index in [-0.39, 0.29) is 5.78 Å². The van der Waals surface area contributed by atoms with Gasteiger partial charge in [0, 0.05) is 6.42 Å². The highest BCUT2D eigenvalue weighted by atomic mass is 19.4. The van der Waals surface area contributed by atoms with Crippen molar-refractivity contribution in [3.05, 3.63) is 34.9 Å². The van der Waals surface area contributed by atoms with Crippen molar-refractivity contribution in [2.24, 2.45) is 0 Å². The first-order valence-corrected chi connectivity index (χ1v) is 5.72. The third-order valence-corrected chi connectivity index (χ3v) is 2.97. The molecule has 0 spiro atoms. The largest absolute Gasteiger partial charge is 0.416 e. The van der Waals surface area contributed by atoms with E-state index in [0.717, 1.165) is 17.7 Å². The topological polar surface area (TPSA) is 17.1 Å². The fraction of sp³-hybridized carbons (Fsp3) is 0.500.